The lowest BCUT2D eigenvalue weighted by Crippen LogP contribution is -2.37. The van der Waals surface area contributed by atoms with Gasteiger partial charge >= 0.3 is 6.09 Å². The topological polar surface area (TPSA) is 71.3 Å². The number of ether oxygens (including phenoxy) is 2. The molecular weight excluding hydrogens is 172 g/mol. The molecule has 0 aromatic carbocycles. The van der Waals surface area contributed by atoms with E-state index in [0.29, 0.717) is 6.42 Å². The van der Waals surface area contributed by atoms with Crippen LogP contribution in [0.15, 0.2) is 11.3 Å². The van der Waals surface area contributed by atoms with Crippen LogP contribution in [0.4, 0.5) is 4.79 Å². The summed E-state index contributed by atoms with van der Waals surface area (Å²) in [6, 6.07) is 1.93. The van der Waals surface area contributed by atoms with Crippen molar-refractivity contribution in [3.05, 3.63) is 11.3 Å². The van der Waals surface area contributed by atoms with E-state index in [0.717, 1.165) is 5.57 Å². The molecule has 1 amide bonds. The number of allylic oxidation sites excluding steroid dienone is 1. The summed E-state index contributed by atoms with van der Waals surface area (Å²) in [5, 5.41) is 11.1. The average molecular weight is 180 g/mol. The number of carbonyl (C=O) groups excluding carboxylic acids is 1. The van der Waals surface area contributed by atoms with Crippen molar-refractivity contribution in [2.75, 3.05) is 0 Å². The van der Waals surface area contributed by atoms with Crippen molar-refractivity contribution in [2.45, 2.75) is 25.7 Å². The molecule has 5 heteroatoms. The second kappa shape index (κ2) is 2.66. The maximum Gasteiger partial charge on any atom is 0.410 e. The van der Waals surface area contributed by atoms with Crippen LogP contribution in [0.5, 0.6) is 0 Å². The van der Waals surface area contributed by atoms with Gasteiger partial charge in [-0.25, -0.2) is 4.79 Å². The summed E-state index contributed by atoms with van der Waals surface area (Å²) in [6.07, 6.45) is -0.704. The van der Waals surface area contributed by atoms with Crippen LogP contribution < -0.4 is 5.32 Å². The normalized spacial score (nSPS) is 31.2. The second-order valence-corrected chi connectivity index (χ2v) is 3.05. The third-order valence-corrected chi connectivity index (χ3v) is 2.10. The van der Waals surface area contributed by atoms with Crippen LogP contribution in [0.2, 0.25) is 0 Å². The van der Waals surface area contributed by atoms with E-state index in [1.807, 2.05) is 6.07 Å². The number of amides is 1. The number of hydrogen-bond donors (Lipinski definition) is 1. The molecule has 0 spiro atoms. The van der Waals surface area contributed by atoms with Gasteiger partial charge in [0, 0.05) is 6.42 Å². The van der Waals surface area contributed by atoms with Gasteiger partial charge in [0.05, 0.1) is 0 Å². The smallest absolute Gasteiger partial charge is 0.410 e. The average Bonchev–Trinajstić information content (AvgIpc) is 2.42. The van der Waals surface area contributed by atoms with Crippen LogP contribution in [-0.2, 0) is 9.47 Å². The molecule has 1 fully saturated rings. The highest BCUT2D eigenvalue weighted by Gasteiger charge is 2.39. The Balaban J connectivity index is 2.20. The quantitative estimate of drug-likeness (QED) is 0.593. The molecule has 2 atom stereocenters. The van der Waals surface area contributed by atoms with Crippen molar-refractivity contribution < 1.29 is 14.3 Å². The summed E-state index contributed by atoms with van der Waals surface area (Å²) in [4.78, 5) is 10.8. The van der Waals surface area contributed by atoms with Crippen LogP contribution in [-0.4, -0.2) is 18.4 Å². The molecule has 1 saturated heterocycles. The number of fused-ring (bicyclic) bond motifs is 1. The lowest BCUT2D eigenvalue weighted by atomic mass is 10.1. The van der Waals surface area contributed by atoms with Crippen LogP contribution in [0.1, 0.15) is 13.3 Å². The molecule has 2 aliphatic rings. The molecule has 13 heavy (non-hydrogen) atoms. The minimum absolute atomic E-state index is 0.284. The lowest BCUT2D eigenvalue weighted by molar-refractivity contribution is 0.0193. The fourth-order valence-corrected chi connectivity index (χ4v) is 1.44. The first-order chi connectivity index (χ1) is 6.20. The predicted octanol–water partition coefficient (Wildman–Crippen LogP) is 0.639. The maximum absolute atomic E-state index is 10.8. The zero-order chi connectivity index (χ0) is 9.42. The monoisotopic (exact) mass is 180 g/mol. The number of nitrogens with zero attached hydrogens (tertiary/aromatic N) is 1. The van der Waals surface area contributed by atoms with E-state index in [-0.39, 0.29) is 11.9 Å². The van der Waals surface area contributed by atoms with Crippen molar-refractivity contribution in [1.82, 2.24) is 5.32 Å². The lowest BCUT2D eigenvalue weighted by Gasteiger charge is -2.23. The Morgan fingerprint density at radius 1 is 1.62 bits per heavy atom. The predicted molar refractivity (Wildman–Crippen MR) is 41.2 cm³/mol. The van der Waals surface area contributed by atoms with E-state index in [4.69, 9.17) is 14.7 Å². The first-order valence-corrected chi connectivity index (χ1v) is 3.94. The minimum atomic E-state index is -0.495. The Morgan fingerprint density at radius 2 is 2.38 bits per heavy atom. The van der Waals surface area contributed by atoms with Crippen molar-refractivity contribution in [2.24, 2.45) is 0 Å². The van der Waals surface area contributed by atoms with E-state index in [2.05, 4.69) is 5.32 Å². The molecule has 5 nitrogen and oxygen atoms in total. The van der Waals surface area contributed by atoms with Gasteiger partial charge in [-0.3, -0.25) is 5.32 Å². The number of alkyl carbamates (subject to hydrolysis) is 1. The minimum Gasteiger partial charge on any atom is -0.456 e. The number of nitriles is 1. The largest absolute Gasteiger partial charge is 0.456 e. The van der Waals surface area contributed by atoms with Gasteiger partial charge in [0.2, 0.25) is 6.23 Å². The van der Waals surface area contributed by atoms with Crippen molar-refractivity contribution in [3.8, 4) is 6.07 Å². The maximum atomic E-state index is 10.8. The third kappa shape index (κ3) is 1.20. The van der Waals surface area contributed by atoms with Crippen molar-refractivity contribution in [3.63, 3.8) is 0 Å². The van der Waals surface area contributed by atoms with Gasteiger partial charge in [-0.15, -0.1) is 0 Å². The first kappa shape index (κ1) is 7.92. The number of hydrogen-bond acceptors (Lipinski definition) is 4. The van der Waals surface area contributed by atoms with Crippen LogP contribution in [0.25, 0.3) is 0 Å². The Labute approximate surface area is 74.9 Å². The van der Waals surface area contributed by atoms with Gasteiger partial charge in [0.15, 0.2) is 11.9 Å². The highest BCUT2D eigenvalue weighted by molar-refractivity contribution is 5.70. The Kier molecular flexibility index (Phi) is 1.62. The molecule has 0 saturated carbocycles. The highest BCUT2D eigenvalue weighted by Crippen LogP contribution is 2.27. The van der Waals surface area contributed by atoms with Gasteiger partial charge in [-0.1, -0.05) is 0 Å². The molecule has 2 rings (SSSR count). The summed E-state index contributed by atoms with van der Waals surface area (Å²) in [5.41, 5.74) is 0.820. The molecule has 2 aliphatic heterocycles. The summed E-state index contributed by atoms with van der Waals surface area (Å²) in [5.74, 6) is 0.284. The number of rotatable bonds is 0. The standard InChI is InChI=1S/C8H8N2O3/c1-4-2-5-7(10-8(11)13-5)12-6(4)3-9/h5,7H,2H2,1H3,(H,10,11)/t5-,7-/m0/s1. The van der Waals surface area contributed by atoms with Crippen LogP contribution >= 0.6 is 0 Å². The SMILES string of the molecule is CC1=C(C#N)O[C@@H]2NC(=O)O[C@H]2C1. The second-order valence-electron chi connectivity index (χ2n) is 3.05. The highest BCUT2D eigenvalue weighted by atomic mass is 16.6. The fourth-order valence-electron chi connectivity index (χ4n) is 1.44. The third-order valence-electron chi connectivity index (χ3n) is 2.10. The summed E-state index contributed by atoms with van der Waals surface area (Å²) in [6.45, 7) is 1.79. The fraction of sp³-hybridized carbons (Fsp3) is 0.500. The molecule has 0 aromatic heterocycles. The van der Waals surface area contributed by atoms with E-state index in [9.17, 15) is 4.79 Å². The molecule has 0 radical (unpaired) electrons. The van der Waals surface area contributed by atoms with E-state index >= 15 is 0 Å². The molecule has 0 bridgehead atoms. The zero-order valence-corrected chi connectivity index (χ0v) is 7.03. The summed E-state index contributed by atoms with van der Waals surface area (Å²) in [7, 11) is 0. The molecule has 1 N–H and O–H groups in total. The molecule has 0 aliphatic carbocycles. The molecule has 2 heterocycles. The zero-order valence-electron chi connectivity index (χ0n) is 7.03. The van der Waals surface area contributed by atoms with Crippen LogP contribution in [0.3, 0.4) is 0 Å². The Morgan fingerprint density at radius 3 is 3.08 bits per heavy atom. The molecule has 68 valence electrons. The number of nitrogens with one attached hydrogen (secondary N) is 1. The molecule has 0 aromatic rings. The molecule has 0 unspecified atom stereocenters. The summed E-state index contributed by atoms with van der Waals surface area (Å²) < 4.78 is 10.1. The Hall–Kier alpha value is -1.70. The van der Waals surface area contributed by atoms with Gasteiger partial charge in [0.1, 0.15) is 6.07 Å². The van der Waals surface area contributed by atoms with Gasteiger partial charge in [-0.05, 0) is 12.5 Å². The number of carbonyl (C=O) groups is 1. The van der Waals surface area contributed by atoms with Crippen molar-refractivity contribution in [1.29, 1.82) is 5.26 Å². The van der Waals surface area contributed by atoms with E-state index in [1.54, 1.807) is 6.92 Å². The van der Waals surface area contributed by atoms with Gasteiger partial charge < -0.3 is 9.47 Å². The Bertz CT molecular complexity index is 329. The van der Waals surface area contributed by atoms with E-state index in [1.165, 1.54) is 0 Å². The van der Waals surface area contributed by atoms with Crippen LogP contribution in [0, 0.1) is 11.3 Å². The first-order valence-electron chi connectivity index (χ1n) is 3.94. The molecular formula is C8H8N2O3. The van der Waals surface area contributed by atoms with Gasteiger partial charge in [-0.2, -0.15) is 5.26 Å². The summed E-state index contributed by atoms with van der Waals surface area (Å²) >= 11 is 0. The van der Waals surface area contributed by atoms with Gasteiger partial charge in [0.25, 0.3) is 0 Å². The van der Waals surface area contributed by atoms with E-state index < -0.39 is 12.3 Å². The van der Waals surface area contributed by atoms with Crippen molar-refractivity contribution >= 4 is 6.09 Å².